The first-order valence-corrected chi connectivity index (χ1v) is 6.11. The topological polar surface area (TPSA) is 41.1 Å². The van der Waals surface area contributed by atoms with Gasteiger partial charge in [-0.05, 0) is 24.7 Å². The Labute approximate surface area is 112 Å². The van der Waals surface area contributed by atoms with Crippen molar-refractivity contribution < 1.29 is 9.18 Å². The van der Waals surface area contributed by atoms with E-state index in [1.807, 2.05) is 13.8 Å². The molecule has 0 aromatic heterocycles. The Morgan fingerprint density at radius 2 is 2.11 bits per heavy atom. The lowest BCUT2D eigenvalue weighted by molar-refractivity contribution is -0.120. The highest BCUT2D eigenvalue weighted by Gasteiger charge is 2.24. The maximum atomic E-state index is 13.0. The van der Waals surface area contributed by atoms with E-state index < -0.39 is 0 Å². The summed E-state index contributed by atoms with van der Waals surface area (Å²) < 4.78 is 13.0. The third-order valence-electron chi connectivity index (χ3n) is 2.73. The number of nitrogens with one attached hydrogen (secondary N) is 2. The Hall–Kier alpha value is -1.13. The molecule has 100 valence electrons. The number of benzene rings is 1. The molecule has 0 radical (unpaired) electrons. The van der Waals surface area contributed by atoms with Crippen molar-refractivity contribution in [2.45, 2.75) is 19.3 Å². The summed E-state index contributed by atoms with van der Waals surface area (Å²) in [5, 5.41) is 5.96. The van der Waals surface area contributed by atoms with Crippen LogP contribution in [0.15, 0.2) is 18.2 Å². The van der Waals surface area contributed by atoms with Crippen molar-refractivity contribution in [3.8, 4) is 0 Å². The van der Waals surface area contributed by atoms with Gasteiger partial charge in [0.1, 0.15) is 5.82 Å². The number of carbonyl (C=O) groups is 1. The van der Waals surface area contributed by atoms with Gasteiger partial charge in [-0.25, -0.2) is 4.39 Å². The molecule has 0 aliphatic heterocycles. The molecule has 2 N–H and O–H groups in total. The number of rotatable bonds is 5. The van der Waals surface area contributed by atoms with Crippen molar-refractivity contribution in [1.82, 2.24) is 10.6 Å². The number of halogens is 2. The van der Waals surface area contributed by atoms with Crippen molar-refractivity contribution >= 4 is 17.5 Å². The Morgan fingerprint density at radius 1 is 1.44 bits per heavy atom. The first-order valence-electron chi connectivity index (χ1n) is 5.73. The van der Waals surface area contributed by atoms with E-state index >= 15 is 0 Å². The fourth-order valence-corrected chi connectivity index (χ4v) is 2.10. The lowest BCUT2D eigenvalue weighted by atomic mass is 9.84. The largest absolute Gasteiger partial charge is 0.354 e. The predicted molar refractivity (Wildman–Crippen MR) is 71.4 cm³/mol. The van der Waals surface area contributed by atoms with Crippen LogP contribution in [0.2, 0.25) is 5.02 Å². The lowest BCUT2D eigenvalue weighted by Gasteiger charge is -2.26. The molecule has 0 saturated heterocycles. The van der Waals surface area contributed by atoms with Gasteiger partial charge < -0.3 is 10.6 Å². The zero-order valence-electron chi connectivity index (χ0n) is 10.8. The number of amides is 1. The summed E-state index contributed by atoms with van der Waals surface area (Å²) in [5.74, 6) is -0.442. The monoisotopic (exact) mass is 272 g/mol. The molecule has 1 amide bonds. The van der Waals surface area contributed by atoms with Crippen LogP contribution in [0.3, 0.4) is 0 Å². The molecule has 0 saturated carbocycles. The first-order chi connectivity index (χ1) is 8.36. The van der Waals surface area contributed by atoms with Crippen molar-refractivity contribution in [2.24, 2.45) is 0 Å². The molecule has 1 aromatic carbocycles. The van der Waals surface area contributed by atoms with Gasteiger partial charge in [0.25, 0.3) is 0 Å². The number of likely N-dealkylation sites (N-methyl/N-ethyl adjacent to an activating group) is 1. The molecule has 3 nitrogen and oxygen atoms in total. The van der Waals surface area contributed by atoms with E-state index in [1.54, 1.807) is 13.1 Å². The van der Waals surface area contributed by atoms with E-state index in [2.05, 4.69) is 10.6 Å². The van der Waals surface area contributed by atoms with E-state index in [1.165, 1.54) is 12.1 Å². The van der Waals surface area contributed by atoms with Crippen LogP contribution in [0.5, 0.6) is 0 Å². The summed E-state index contributed by atoms with van der Waals surface area (Å²) in [7, 11) is 1.71. The fraction of sp³-hybridized carbons (Fsp3) is 0.462. The maximum Gasteiger partial charge on any atom is 0.233 e. The standard InChI is InChI=1S/C13H18ClFN2O/c1-13(2,8-17-12(18)7-16-3)10-5-4-9(15)6-11(10)14/h4-6,16H,7-8H2,1-3H3,(H,17,18). The summed E-state index contributed by atoms with van der Waals surface area (Å²) in [5.41, 5.74) is 0.462. The smallest absolute Gasteiger partial charge is 0.233 e. The van der Waals surface area contributed by atoms with Gasteiger partial charge in [0.15, 0.2) is 0 Å². The quantitative estimate of drug-likeness (QED) is 0.862. The minimum Gasteiger partial charge on any atom is -0.354 e. The van der Waals surface area contributed by atoms with E-state index in [0.717, 1.165) is 5.56 Å². The molecule has 0 heterocycles. The fourth-order valence-electron chi connectivity index (χ4n) is 1.68. The predicted octanol–water partition coefficient (Wildman–Crippen LogP) is 2.09. The Morgan fingerprint density at radius 3 is 2.67 bits per heavy atom. The van der Waals surface area contributed by atoms with E-state index in [4.69, 9.17) is 11.6 Å². The summed E-state index contributed by atoms with van der Waals surface area (Å²) in [6.07, 6.45) is 0. The third-order valence-corrected chi connectivity index (χ3v) is 3.04. The highest BCUT2D eigenvalue weighted by molar-refractivity contribution is 6.31. The second-order valence-electron chi connectivity index (χ2n) is 4.82. The Balaban J connectivity index is 2.76. The van der Waals surface area contributed by atoms with Crippen LogP contribution in [-0.2, 0) is 10.2 Å². The molecule has 0 aliphatic rings. The first kappa shape index (κ1) is 14.9. The second kappa shape index (κ2) is 6.16. The third kappa shape index (κ3) is 3.96. The molecule has 0 fully saturated rings. The molecule has 18 heavy (non-hydrogen) atoms. The van der Waals surface area contributed by atoms with Crippen molar-refractivity contribution in [3.05, 3.63) is 34.6 Å². The Kier molecular flexibility index (Phi) is 5.11. The lowest BCUT2D eigenvalue weighted by Crippen LogP contribution is -2.40. The van der Waals surface area contributed by atoms with Gasteiger partial charge in [0, 0.05) is 17.0 Å². The second-order valence-corrected chi connectivity index (χ2v) is 5.22. The van der Waals surface area contributed by atoms with Gasteiger partial charge in [-0.2, -0.15) is 0 Å². The van der Waals surface area contributed by atoms with Crippen molar-refractivity contribution in [2.75, 3.05) is 20.1 Å². The van der Waals surface area contributed by atoms with Crippen LogP contribution in [0, 0.1) is 5.82 Å². The summed E-state index contributed by atoms with van der Waals surface area (Å²) >= 11 is 6.03. The number of carbonyl (C=O) groups excluding carboxylic acids is 1. The van der Waals surface area contributed by atoms with E-state index in [-0.39, 0.29) is 23.7 Å². The van der Waals surface area contributed by atoms with Gasteiger partial charge in [0.2, 0.25) is 5.91 Å². The number of hydrogen-bond acceptors (Lipinski definition) is 2. The molecule has 0 atom stereocenters. The molecule has 5 heteroatoms. The molecule has 0 spiro atoms. The minimum atomic E-state index is -0.362. The molecule has 0 unspecified atom stereocenters. The molecular formula is C13H18ClFN2O. The molecule has 1 aromatic rings. The van der Waals surface area contributed by atoms with Crippen LogP contribution in [0.25, 0.3) is 0 Å². The zero-order chi connectivity index (χ0) is 13.8. The number of hydrogen-bond donors (Lipinski definition) is 2. The van der Waals surface area contributed by atoms with Crippen LogP contribution < -0.4 is 10.6 Å². The van der Waals surface area contributed by atoms with E-state index in [0.29, 0.717) is 11.6 Å². The van der Waals surface area contributed by atoms with Crippen LogP contribution in [0.4, 0.5) is 4.39 Å². The highest BCUT2D eigenvalue weighted by Crippen LogP contribution is 2.29. The zero-order valence-corrected chi connectivity index (χ0v) is 11.6. The average Bonchev–Trinajstić information content (AvgIpc) is 2.26. The van der Waals surface area contributed by atoms with Crippen LogP contribution in [-0.4, -0.2) is 26.0 Å². The summed E-state index contributed by atoms with van der Waals surface area (Å²) in [6.45, 7) is 4.61. The highest BCUT2D eigenvalue weighted by atomic mass is 35.5. The Bertz CT molecular complexity index is 435. The summed E-state index contributed by atoms with van der Waals surface area (Å²) in [6, 6.07) is 4.31. The van der Waals surface area contributed by atoms with Gasteiger partial charge >= 0.3 is 0 Å². The molecule has 1 rings (SSSR count). The molecule has 0 aliphatic carbocycles. The van der Waals surface area contributed by atoms with Crippen LogP contribution >= 0.6 is 11.6 Å². The molecule has 0 bridgehead atoms. The molecular weight excluding hydrogens is 255 g/mol. The van der Waals surface area contributed by atoms with Crippen molar-refractivity contribution in [3.63, 3.8) is 0 Å². The van der Waals surface area contributed by atoms with E-state index in [9.17, 15) is 9.18 Å². The minimum absolute atomic E-state index is 0.0798. The SMILES string of the molecule is CNCC(=O)NCC(C)(C)c1ccc(F)cc1Cl. The van der Waals surface area contributed by atoms with Gasteiger partial charge in [0.05, 0.1) is 6.54 Å². The van der Waals surface area contributed by atoms with Gasteiger partial charge in [-0.1, -0.05) is 31.5 Å². The normalized spacial score (nSPS) is 11.4. The summed E-state index contributed by atoms with van der Waals surface area (Å²) in [4.78, 5) is 11.4. The maximum absolute atomic E-state index is 13.0. The van der Waals surface area contributed by atoms with Crippen LogP contribution in [0.1, 0.15) is 19.4 Å². The average molecular weight is 273 g/mol. The van der Waals surface area contributed by atoms with Gasteiger partial charge in [-0.15, -0.1) is 0 Å². The van der Waals surface area contributed by atoms with Gasteiger partial charge in [-0.3, -0.25) is 4.79 Å². The van der Waals surface area contributed by atoms with Crippen molar-refractivity contribution in [1.29, 1.82) is 0 Å².